The summed E-state index contributed by atoms with van der Waals surface area (Å²) in [6.07, 6.45) is 1.97. The number of carbonyl (C=O) groups is 2. The fraction of sp³-hybridized carbons (Fsp3) is 0.370. The molecule has 1 N–H and O–H groups in total. The maximum atomic E-state index is 13.3. The fourth-order valence-corrected chi connectivity index (χ4v) is 4.10. The molecule has 34 heavy (non-hydrogen) atoms. The van der Waals surface area contributed by atoms with Gasteiger partial charge >= 0.3 is 5.97 Å². The van der Waals surface area contributed by atoms with Gasteiger partial charge in [0, 0.05) is 22.6 Å². The summed E-state index contributed by atoms with van der Waals surface area (Å²) in [4.78, 5) is 39.4. The van der Waals surface area contributed by atoms with Crippen molar-refractivity contribution >= 4 is 38.7 Å². The molecule has 7 heteroatoms. The molecule has 3 aromatic rings. The van der Waals surface area contributed by atoms with E-state index >= 15 is 0 Å². The van der Waals surface area contributed by atoms with Gasteiger partial charge in [-0.2, -0.15) is 0 Å². The number of nitrogens with zero attached hydrogens (tertiary/aromatic N) is 1. The van der Waals surface area contributed by atoms with E-state index in [1.54, 1.807) is 33.0 Å². The molecule has 0 aliphatic rings. The van der Waals surface area contributed by atoms with Gasteiger partial charge in [0.15, 0.2) is 0 Å². The fourth-order valence-electron chi connectivity index (χ4n) is 3.74. The molecule has 0 fully saturated rings. The number of hydrogen-bond acceptors (Lipinski definition) is 4. The number of fused-ring (bicyclic) bond motifs is 1. The van der Waals surface area contributed by atoms with Gasteiger partial charge in [-0.1, -0.05) is 60.1 Å². The zero-order chi connectivity index (χ0) is 25.0. The maximum absolute atomic E-state index is 13.3. The molecule has 1 heterocycles. The monoisotopic (exact) mass is 526 g/mol. The number of benzene rings is 2. The zero-order valence-electron chi connectivity index (χ0n) is 20.2. The average Bonchev–Trinajstić information content (AvgIpc) is 2.74. The van der Waals surface area contributed by atoms with Crippen LogP contribution in [0.5, 0.6) is 0 Å². The van der Waals surface area contributed by atoms with Crippen molar-refractivity contribution in [3.8, 4) is 0 Å². The molecule has 1 unspecified atom stereocenters. The van der Waals surface area contributed by atoms with E-state index in [-0.39, 0.29) is 16.9 Å². The summed E-state index contributed by atoms with van der Waals surface area (Å²) in [7, 11) is 0. The molecule has 1 aromatic heterocycles. The Bertz CT molecular complexity index is 1240. The molecule has 180 valence electrons. The number of esters is 1. The standard InChI is InChI=1S/C27H31BrN2O4/c1-17(2)13-22(26(33)34-27(3,4)5)29-25(32)21-16-30(15-18-9-7-6-8-10-18)23-12-11-19(28)14-20(23)24(21)31/h6-12,14,16-17,22H,13,15H2,1-5H3,(H,29,32). The van der Waals surface area contributed by atoms with Gasteiger partial charge in [0.25, 0.3) is 5.91 Å². The Labute approximate surface area is 208 Å². The Balaban J connectivity index is 2.03. The summed E-state index contributed by atoms with van der Waals surface area (Å²) < 4.78 is 8.14. The summed E-state index contributed by atoms with van der Waals surface area (Å²) in [5.74, 6) is -0.965. The number of nitrogens with one attached hydrogen (secondary N) is 1. The quantitative estimate of drug-likeness (QED) is 0.423. The minimum absolute atomic E-state index is 0.0150. The minimum atomic E-state index is -0.855. The molecular formula is C27H31BrN2O4. The lowest BCUT2D eigenvalue weighted by Gasteiger charge is -2.25. The summed E-state index contributed by atoms with van der Waals surface area (Å²) in [6, 6.07) is 14.4. The van der Waals surface area contributed by atoms with E-state index in [0.29, 0.717) is 18.4 Å². The summed E-state index contributed by atoms with van der Waals surface area (Å²) in [6.45, 7) is 9.75. The average molecular weight is 527 g/mol. The molecule has 0 saturated carbocycles. The molecule has 3 rings (SSSR count). The highest BCUT2D eigenvalue weighted by Gasteiger charge is 2.29. The maximum Gasteiger partial charge on any atom is 0.329 e. The van der Waals surface area contributed by atoms with Gasteiger partial charge < -0.3 is 14.6 Å². The van der Waals surface area contributed by atoms with Crippen molar-refractivity contribution in [2.75, 3.05) is 0 Å². The van der Waals surface area contributed by atoms with Crippen molar-refractivity contribution in [3.63, 3.8) is 0 Å². The van der Waals surface area contributed by atoms with Crippen molar-refractivity contribution in [2.24, 2.45) is 5.92 Å². The van der Waals surface area contributed by atoms with E-state index in [1.807, 2.05) is 60.9 Å². The highest BCUT2D eigenvalue weighted by molar-refractivity contribution is 9.10. The van der Waals surface area contributed by atoms with E-state index in [0.717, 1.165) is 15.6 Å². The van der Waals surface area contributed by atoms with Crippen LogP contribution in [0.4, 0.5) is 0 Å². The molecule has 6 nitrogen and oxygen atoms in total. The second kappa shape index (κ2) is 10.6. The molecule has 0 bridgehead atoms. The number of carbonyl (C=O) groups excluding carboxylic acids is 2. The van der Waals surface area contributed by atoms with Gasteiger partial charge in [0.1, 0.15) is 17.2 Å². The third kappa shape index (κ3) is 6.56. The van der Waals surface area contributed by atoms with Crippen molar-refractivity contribution in [1.82, 2.24) is 9.88 Å². The van der Waals surface area contributed by atoms with E-state index in [4.69, 9.17) is 4.74 Å². The van der Waals surface area contributed by atoms with Crippen molar-refractivity contribution in [2.45, 2.75) is 59.2 Å². The second-order valence-electron chi connectivity index (χ2n) is 9.84. The Kier molecular flexibility index (Phi) is 7.97. The molecule has 0 saturated heterocycles. The van der Waals surface area contributed by atoms with Crippen LogP contribution in [0.1, 0.15) is 57.0 Å². The van der Waals surface area contributed by atoms with Crippen LogP contribution < -0.4 is 10.7 Å². The first-order chi connectivity index (χ1) is 15.9. The minimum Gasteiger partial charge on any atom is -0.458 e. The first-order valence-electron chi connectivity index (χ1n) is 11.3. The van der Waals surface area contributed by atoms with E-state index in [9.17, 15) is 14.4 Å². The van der Waals surface area contributed by atoms with Crippen molar-refractivity contribution in [3.05, 3.63) is 80.6 Å². The molecule has 0 aliphatic heterocycles. The molecular weight excluding hydrogens is 496 g/mol. The number of halogens is 1. The highest BCUT2D eigenvalue weighted by Crippen LogP contribution is 2.20. The molecule has 1 amide bonds. The van der Waals surface area contributed by atoms with Gasteiger partial charge in [-0.15, -0.1) is 0 Å². The van der Waals surface area contributed by atoms with E-state index in [1.165, 1.54) is 0 Å². The number of hydrogen-bond donors (Lipinski definition) is 1. The van der Waals surface area contributed by atoms with Crippen molar-refractivity contribution < 1.29 is 14.3 Å². The van der Waals surface area contributed by atoms with Crippen LogP contribution in [0.3, 0.4) is 0 Å². The Morgan fingerprint density at radius 1 is 1.09 bits per heavy atom. The molecule has 0 aliphatic carbocycles. The third-order valence-corrected chi connectivity index (χ3v) is 5.68. The largest absolute Gasteiger partial charge is 0.458 e. The lowest BCUT2D eigenvalue weighted by atomic mass is 10.0. The van der Waals surface area contributed by atoms with Gasteiger partial charge in [0.2, 0.25) is 5.43 Å². The first-order valence-corrected chi connectivity index (χ1v) is 12.1. The van der Waals surface area contributed by atoms with Gasteiger partial charge in [-0.05, 0) is 56.9 Å². The Morgan fingerprint density at radius 3 is 2.38 bits per heavy atom. The van der Waals surface area contributed by atoms with Crippen LogP contribution in [-0.4, -0.2) is 28.1 Å². The first kappa shape index (κ1) is 25.7. The number of ether oxygens (including phenoxy) is 1. The van der Waals surface area contributed by atoms with E-state index in [2.05, 4.69) is 21.2 Å². The summed E-state index contributed by atoms with van der Waals surface area (Å²) in [5, 5.41) is 3.19. The summed E-state index contributed by atoms with van der Waals surface area (Å²) >= 11 is 3.42. The van der Waals surface area contributed by atoms with E-state index < -0.39 is 23.5 Å². The van der Waals surface area contributed by atoms with Gasteiger partial charge in [-0.25, -0.2) is 4.79 Å². The Hall–Kier alpha value is -2.93. The van der Waals surface area contributed by atoms with Crippen LogP contribution in [0.25, 0.3) is 10.9 Å². The summed E-state index contributed by atoms with van der Waals surface area (Å²) in [5.41, 5.74) is 0.673. The second-order valence-corrected chi connectivity index (χ2v) is 10.8. The lowest BCUT2D eigenvalue weighted by Crippen LogP contribution is -2.46. The highest BCUT2D eigenvalue weighted by atomic mass is 79.9. The van der Waals surface area contributed by atoms with Crippen LogP contribution in [-0.2, 0) is 16.1 Å². The third-order valence-electron chi connectivity index (χ3n) is 5.19. The van der Waals surface area contributed by atoms with Crippen LogP contribution in [0.2, 0.25) is 0 Å². The smallest absolute Gasteiger partial charge is 0.329 e. The topological polar surface area (TPSA) is 77.4 Å². The SMILES string of the molecule is CC(C)CC(NC(=O)c1cn(Cc2ccccc2)c2ccc(Br)cc2c1=O)C(=O)OC(C)(C)C. The molecule has 2 aromatic carbocycles. The molecule has 0 radical (unpaired) electrons. The predicted octanol–water partition coefficient (Wildman–Crippen LogP) is 5.30. The number of amides is 1. The van der Waals surface area contributed by atoms with Crippen LogP contribution in [0.15, 0.2) is 64.0 Å². The van der Waals surface area contributed by atoms with Gasteiger partial charge in [0.05, 0.1) is 5.52 Å². The normalized spacial score (nSPS) is 12.6. The lowest BCUT2D eigenvalue weighted by molar-refractivity contribution is -0.157. The number of aromatic nitrogens is 1. The van der Waals surface area contributed by atoms with Crippen molar-refractivity contribution in [1.29, 1.82) is 0 Å². The van der Waals surface area contributed by atoms with Crippen LogP contribution >= 0.6 is 15.9 Å². The molecule has 1 atom stereocenters. The number of pyridine rings is 1. The predicted molar refractivity (Wildman–Crippen MR) is 138 cm³/mol. The zero-order valence-corrected chi connectivity index (χ0v) is 21.8. The number of rotatable bonds is 7. The molecule has 0 spiro atoms. The van der Waals surface area contributed by atoms with Crippen LogP contribution in [0, 0.1) is 5.92 Å². The Morgan fingerprint density at radius 2 is 1.76 bits per heavy atom. The van der Waals surface area contributed by atoms with Gasteiger partial charge in [-0.3, -0.25) is 9.59 Å².